The Balaban J connectivity index is 2.05. The monoisotopic (exact) mass is 236 g/mol. The van der Waals surface area contributed by atoms with Gasteiger partial charge >= 0.3 is 0 Å². The van der Waals surface area contributed by atoms with Crippen LogP contribution in [0.4, 0.5) is 5.69 Å². The Labute approximate surface area is 102 Å². The van der Waals surface area contributed by atoms with Crippen molar-refractivity contribution in [2.75, 3.05) is 19.0 Å². The van der Waals surface area contributed by atoms with E-state index in [0.29, 0.717) is 17.7 Å². The van der Waals surface area contributed by atoms with Gasteiger partial charge in [-0.05, 0) is 37.4 Å². The van der Waals surface area contributed by atoms with Crippen molar-refractivity contribution in [1.29, 1.82) is 0 Å². The number of benzene rings is 1. The van der Waals surface area contributed by atoms with Crippen LogP contribution in [0.1, 0.15) is 19.3 Å². The molecule has 2 rings (SSSR count). The van der Waals surface area contributed by atoms with E-state index >= 15 is 0 Å². The van der Waals surface area contributed by atoms with Gasteiger partial charge < -0.3 is 20.9 Å². The van der Waals surface area contributed by atoms with E-state index in [4.69, 9.17) is 10.5 Å². The van der Waals surface area contributed by atoms with Crippen LogP contribution in [0.5, 0.6) is 11.5 Å². The summed E-state index contributed by atoms with van der Waals surface area (Å²) in [5.74, 6) is 1.20. The molecule has 0 amide bonds. The van der Waals surface area contributed by atoms with E-state index in [1.807, 2.05) is 6.07 Å². The topological polar surface area (TPSA) is 67.5 Å². The summed E-state index contributed by atoms with van der Waals surface area (Å²) in [5.41, 5.74) is 6.67. The van der Waals surface area contributed by atoms with E-state index in [1.54, 1.807) is 19.2 Å². The molecule has 0 aromatic heterocycles. The van der Waals surface area contributed by atoms with Crippen LogP contribution in [0.2, 0.25) is 0 Å². The van der Waals surface area contributed by atoms with Gasteiger partial charge in [-0.1, -0.05) is 6.42 Å². The predicted molar refractivity (Wildman–Crippen MR) is 68.5 cm³/mol. The molecule has 0 saturated heterocycles. The second kappa shape index (κ2) is 5.27. The molecule has 0 heterocycles. The van der Waals surface area contributed by atoms with Crippen LogP contribution < -0.4 is 15.8 Å². The standard InChI is InChI=1S/C13H20N2O2/c1-17-13-6-5-10(7-12(13)16)15-11-4-2-3-9(11)8-14/h5-7,9,11,15-16H,2-4,8,14H2,1H3. The van der Waals surface area contributed by atoms with Crippen LogP contribution in [-0.2, 0) is 0 Å². The SMILES string of the molecule is COc1ccc(NC2CCCC2CN)cc1O. The van der Waals surface area contributed by atoms with Gasteiger partial charge in [-0.2, -0.15) is 0 Å². The third-order valence-electron chi connectivity index (χ3n) is 3.49. The summed E-state index contributed by atoms with van der Waals surface area (Å²) in [5, 5.41) is 13.1. The van der Waals surface area contributed by atoms with Crippen LogP contribution in [-0.4, -0.2) is 24.8 Å². The van der Waals surface area contributed by atoms with E-state index in [2.05, 4.69) is 5.32 Å². The summed E-state index contributed by atoms with van der Waals surface area (Å²) >= 11 is 0. The lowest BCUT2D eigenvalue weighted by Gasteiger charge is -2.21. The fourth-order valence-corrected chi connectivity index (χ4v) is 2.50. The fraction of sp³-hybridized carbons (Fsp3) is 0.538. The Morgan fingerprint density at radius 3 is 2.94 bits per heavy atom. The van der Waals surface area contributed by atoms with E-state index in [0.717, 1.165) is 18.7 Å². The highest BCUT2D eigenvalue weighted by Gasteiger charge is 2.25. The molecular weight excluding hydrogens is 216 g/mol. The maximum absolute atomic E-state index is 9.70. The van der Waals surface area contributed by atoms with Crippen molar-refractivity contribution in [1.82, 2.24) is 0 Å². The minimum absolute atomic E-state index is 0.166. The quantitative estimate of drug-likeness (QED) is 0.747. The van der Waals surface area contributed by atoms with Gasteiger partial charge in [0, 0.05) is 17.8 Å². The molecule has 17 heavy (non-hydrogen) atoms. The number of rotatable bonds is 4. The van der Waals surface area contributed by atoms with Crippen molar-refractivity contribution in [3.63, 3.8) is 0 Å². The maximum Gasteiger partial charge on any atom is 0.160 e. The Morgan fingerprint density at radius 2 is 2.29 bits per heavy atom. The smallest absolute Gasteiger partial charge is 0.160 e. The number of ether oxygens (including phenoxy) is 1. The molecule has 4 N–H and O–H groups in total. The first-order chi connectivity index (χ1) is 8.24. The van der Waals surface area contributed by atoms with Gasteiger partial charge in [-0.3, -0.25) is 0 Å². The van der Waals surface area contributed by atoms with Crippen LogP contribution in [0.3, 0.4) is 0 Å². The fourth-order valence-electron chi connectivity index (χ4n) is 2.50. The highest BCUT2D eigenvalue weighted by molar-refractivity contribution is 5.54. The second-order valence-electron chi connectivity index (χ2n) is 4.56. The lowest BCUT2D eigenvalue weighted by Crippen LogP contribution is -2.29. The third-order valence-corrected chi connectivity index (χ3v) is 3.49. The zero-order valence-corrected chi connectivity index (χ0v) is 10.1. The first-order valence-electron chi connectivity index (χ1n) is 6.08. The molecule has 1 aliphatic carbocycles. The van der Waals surface area contributed by atoms with Gasteiger partial charge in [0.25, 0.3) is 0 Å². The lowest BCUT2D eigenvalue weighted by atomic mass is 10.0. The number of aromatic hydroxyl groups is 1. The zero-order valence-electron chi connectivity index (χ0n) is 10.1. The molecule has 0 aliphatic heterocycles. The highest BCUT2D eigenvalue weighted by Crippen LogP contribution is 2.32. The van der Waals surface area contributed by atoms with Crippen LogP contribution in [0.15, 0.2) is 18.2 Å². The summed E-state index contributed by atoms with van der Waals surface area (Å²) in [4.78, 5) is 0. The molecular formula is C13H20N2O2. The van der Waals surface area contributed by atoms with Crippen molar-refractivity contribution >= 4 is 5.69 Å². The zero-order chi connectivity index (χ0) is 12.3. The Morgan fingerprint density at radius 1 is 1.47 bits per heavy atom. The molecule has 2 unspecified atom stereocenters. The predicted octanol–water partition coefficient (Wildman–Crippen LogP) is 1.94. The van der Waals surface area contributed by atoms with Gasteiger partial charge in [0.1, 0.15) is 0 Å². The molecule has 1 fully saturated rings. The van der Waals surface area contributed by atoms with Crippen molar-refractivity contribution in [2.24, 2.45) is 11.7 Å². The van der Waals surface area contributed by atoms with Gasteiger partial charge in [-0.15, -0.1) is 0 Å². The minimum atomic E-state index is 0.166. The lowest BCUT2D eigenvalue weighted by molar-refractivity contribution is 0.373. The summed E-state index contributed by atoms with van der Waals surface area (Å²) < 4.78 is 5.01. The Kier molecular flexibility index (Phi) is 3.74. The molecule has 1 aromatic rings. The van der Waals surface area contributed by atoms with Gasteiger partial charge in [0.05, 0.1) is 7.11 Å². The molecule has 4 heteroatoms. The molecule has 1 saturated carbocycles. The van der Waals surface area contributed by atoms with Gasteiger partial charge in [-0.25, -0.2) is 0 Å². The van der Waals surface area contributed by atoms with Gasteiger partial charge in [0.15, 0.2) is 11.5 Å². The Bertz CT molecular complexity index is 382. The molecule has 0 bridgehead atoms. The first-order valence-corrected chi connectivity index (χ1v) is 6.08. The number of phenols is 1. The molecule has 94 valence electrons. The minimum Gasteiger partial charge on any atom is -0.504 e. The number of methoxy groups -OCH3 is 1. The van der Waals surface area contributed by atoms with E-state index in [9.17, 15) is 5.11 Å². The third kappa shape index (κ3) is 2.64. The summed E-state index contributed by atoms with van der Waals surface area (Å²) in [7, 11) is 1.55. The normalized spacial score (nSPS) is 23.6. The number of anilines is 1. The van der Waals surface area contributed by atoms with E-state index < -0.39 is 0 Å². The summed E-state index contributed by atoms with van der Waals surface area (Å²) in [6, 6.07) is 5.81. The molecule has 0 radical (unpaired) electrons. The maximum atomic E-state index is 9.70. The number of nitrogens with one attached hydrogen (secondary N) is 1. The molecule has 1 aliphatic rings. The molecule has 0 spiro atoms. The summed E-state index contributed by atoms with van der Waals surface area (Å²) in [6.45, 7) is 0.722. The first kappa shape index (κ1) is 12.0. The largest absolute Gasteiger partial charge is 0.504 e. The van der Waals surface area contributed by atoms with Crippen molar-refractivity contribution < 1.29 is 9.84 Å². The summed E-state index contributed by atoms with van der Waals surface area (Å²) in [6.07, 6.45) is 3.56. The van der Waals surface area contributed by atoms with E-state index in [1.165, 1.54) is 12.8 Å². The highest BCUT2D eigenvalue weighted by atomic mass is 16.5. The number of phenolic OH excluding ortho intramolecular Hbond substituents is 1. The van der Waals surface area contributed by atoms with Crippen LogP contribution >= 0.6 is 0 Å². The number of nitrogens with two attached hydrogens (primary N) is 1. The number of hydrogen-bond donors (Lipinski definition) is 3. The van der Waals surface area contributed by atoms with Gasteiger partial charge in [0.2, 0.25) is 0 Å². The van der Waals surface area contributed by atoms with Crippen molar-refractivity contribution in [3.8, 4) is 11.5 Å². The van der Waals surface area contributed by atoms with Crippen LogP contribution in [0, 0.1) is 5.92 Å². The average Bonchev–Trinajstić information content (AvgIpc) is 2.76. The molecule has 1 aromatic carbocycles. The van der Waals surface area contributed by atoms with E-state index in [-0.39, 0.29) is 5.75 Å². The molecule has 2 atom stereocenters. The number of hydrogen-bond acceptors (Lipinski definition) is 4. The van der Waals surface area contributed by atoms with Crippen LogP contribution in [0.25, 0.3) is 0 Å². The average molecular weight is 236 g/mol. The van der Waals surface area contributed by atoms with Crippen molar-refractivity contribution in [2.45, 2.75) is 25.3 Å². The Hall–Kier alpha value is -1.42. The molecule has 4 nitrogen and oxygen atoms in total. The second-order valence-corrected chi connectivity index (χ2v) is 4.56. The van der Waals surface area contributed by atoms with Crippen molar-refractivity contribution in [3.05, 3.63) is 18.2 Å².